The van der Waals surface area contributed by atoms with Gasteiger partial charge in [-0.05, 0) is 53.8 Å². The molecule has 0 spiro atoms. The Bertz CT molecular complexity index is 298. The van der Waals surface area contributed by atoms with Gasteiger partial charge in [0.1, 0.15) is 5.76 Å². The molecule has 25 heavy (non-hydrogen) atoms. The van der Waals surface area contributed by atoms with Crippen LogP contribution < -0.4 is 0 Å². The number of methoxy groups -OCH3 is 1. The minimum absolute atomic E-state index is 0. The first-order chi connectivity index (χ1) is 10.9. The number of aromatic nitrogens is 1. The molecule has 0 unspecified atom stereocenters. The first-order valence-electron chi connectivity index (χ1n) is 9.00. The molecule has 4 nitrogen and oxygen atoms in total. The second kappa shape index (κ2) is 28.0. The zero-order chi connectivity index (χ0) is 18.7. The average molecular weight is 363 g/mol. The summed E-state index contributed by atoms with van der Waals surface area (Å²) in [5.41, 5.74) is 0.988. The average Bonchev–Trinajstić information content (AvgIpc) is 3.12. The van der Waals surface area contributed by atoms with Crippen LogP contribution in [0, 0.1) is 20.8 Å². The van der Waals surface area contributed by atoms with Crippen LogP contribution in [0.4, 0.5) is 0 Å². The van der Waals surface area contributed by atoms with E-state index in [1.54, 1.807) is 7.11 Å². The van der Waals surface area contributed by atoms with Crippen LogP contribution in [-0.4, -0.2) is 43.7 Å². The van der Waals surface area contributed by atoms with E-state index in [9.17, 15) is 0 Å². The molecule has 1 aliphatic rings. The SMILES string of the molecule is C.C.CC.CCC.CCOC.CN1CCCC1.Cc1nc(C)c(C)o1. The van der Waals surface area contributed by atoms with E-state index in [1.807, 2.05) is 41.5 Å². The van der Waals surface area contributed by atoms with E-state index in [0.29, 0.717) is 0 Å². The summed E-state index contributed by atoms with van der Waals surface area (Å²) in [6.45, 7) is 19.4. The van der Waals surface area contributed by atoms with Crippen molar-refractivity contribution in [2.24, 2.45) is 0 Å². The standard InChI is InChI=1S/C6H9NO.C5H11N.C3H8O.C3H8.C2H6.2CH4/c1-4-5(2)8-6(3)7-4;1-6-4-2-3-5-6;1-3-4-2;1-3-2;1-2;;/h1-3H3;2-5H2,1H3;3H2,1-2H3;3H2,1-2H3;1-2H3;2*1H4. The Kier molecular flexibility index (Phi) is 39.4. The molecule has 1 aromatic rings. The number of oxazole rings is 1. The van der Waals surface area contributed by atoms with Gasteiger partial charge in [0.2, 0.25) is 0 Å². The normalized spacial score (nSPS) is 11.4. The van der Waals surface area contributed by atoms with Crippen LogP contribution >= 0.6 is 0 Å². The van der Waals surface area contributed by atoms with Crippen molar-refractivity contribution in [1.82, 2.24) is 9.88 Å². The van der Waals surface area contributed by atoms with Gasteiger partial charge in [0, 0.05) is 20.6 Å². The highest BCUT2D eigenvalue weighted by Gasteiger charge is 2.03. The van der Waals surface area contributed by atoms with Gasteiger partial charge < -0.3 is 14.1 Å². The van der Waals surface area contributed by atoms with Gasteiger partial charge in [0.25, 0.3) is 0 Å². The van der Waals surface area contributed by atoms with Crippen molar-refractivity contribution < 1.29 is 9.15 Å². The van der Waals surface area contributed by atoms with Gasteiger partial charge in [-0.25, -0.2) is 4.98 Å². The van der Waals surface area contributed by atoms with Crippen molar-refractivity contribution in [2.45, 2.75) is 89.5 Å². The minimum Gasteiger partial charge on any atom is -0.446 e. The molecule has 2 rings (SSSR count). The van der Waals surface area contributed by atoms with Gasteiger partial charge in [-0.1, -0.05) is 49.0 Å². The van der Waals surface area contributed by atoms with Gasteiger partial charge in [-0.3, -0.25) is 0 Å². The second-order valence-electron chi connectivity index (χ2n) is 5.17. The second-order valence-corrected chi connectivity index (χ2v) is 5.17. The Hall–Kier alpha value is -0.870. The highest BCUT2D eigenvalue weighted by molar-refractivity contribution is 5.03. The fourth-order valence-electron chi connectivity index (χ4n) is 1.51. The van der Waals surface area contributed by atoms with Crippen LogP contribution in [0.5, 0.6) is 0 Å². The summed E-state index contributed by atoms with van der Waals surface area (Å²) in [5, 5.41) is 0. The molecule has 156 valence electrons. The Balaban J connectivity index is -0.0000000709. The molecule has 0 radical (unpaired) electrons. The lowest BCUT2D eigenvalue weighted by molar-refractivity contribution is 0.215. The molecule has 0 aliphatic carbocycles. The zero-order valence-electron chi connectivity index (χ0n) is 17.5. The molecule has 0 N–H and O–H groups in total. The van der Waals surface area contributed by atoms with E-state index in [0.717, 1.165) is 24.0 Å². The summed E-state index contributed by atoms with van der Waals surface area (Å²) in [5.74, 6) is 1.67. The highest BCUT2D eigenvalue weighted by Crippen LogP contribution is 2.05. The first-order valence-corrected chi connectivity index (χ1v) is 9.00. The molecule has 0 atom stereocenters. The van der Waals surface area contributed by atoms with Crippen LogP contribution in [0.1, 0.15) is 86.1 Å². The quantitative estimate of drug-likeness (QED) is 0.558. The Labute approximate surface area is 160 Å². The van der Waals surface area contributed by atoms with E-state index in [-0.39, 0.29) is 14.9 Å². The Morgan fingerprint density at radius 1 is 1.00 bits per heavy atom. The number of likely N-dealkylation sites (tertiary alicyclic amines) is 1. The fraction of sp³-hybridized carbons (Fsp3) is 0.857. The van der Waals surface area contributed by atoms with Gasteiger partial charge in [-0.15, -0.1) is 0 Å². The predicted octanol–water partition coefficient (Wildman–Crippen LogP) is 6.68. The number of hydrogen-bond donors (Lipinski definition) is 0. The third-order valence-corrected chi connectivity index (χ3v) is 2.75. The van der Waals surface area contributed by atoms with E-state index in [2.05, 4.69) is 35.5 Å². The summed E-state index contributed by atoms with van der Waals surface area (Å²) in [4.78, 5) is 6.41. The van der Waals surface area contributed by atoms with Crippen LogP contribution in [0.3, 0.4) is 0 Å². The summed E-state index contributed by atoms with van der Waals surface area (Å²) < 4.78 is 9.64. The first kappa shape index (κ1) is 35.3. The van der Waals surface area contributed by atoms with Crippen molar-refractivity contribution in [3.05, 3.63) is 17.3 Å². The Morgan fingerprint density at radius 2 is 1.36 bits per heavy atom. The summed E-state index contributed by atoms with van der Waals surface area (Å²) in [6.07, 6.45) is 4.08. The summed E-state index contributed by atoms with van der Waals surface area (Å²) >= 11 is 0. The third-order valence-electron chi connectivity index (χ3n) is 2.75. The van der Waals surface area contributed by atoms with Crippen LogP contribution in [0.15, 0.2) is 4.42 Å². The zero-order valence-corrected chi connectivity index (χ0v) is 17.5. The molecule has 0 saturated carbocycles. The maximum atomic E-state index is 5.10. The molecular weight excluding hydrogens is 312 g/mol. The van der Waals surface area contributed by atoms with Crippen molar-refractivity contribution in [3.63, 3.8) is 0 Å². The molecule has 1 saturated heterocycles. The Morgan fingerprint density at radius 3 is 1.44 bits per heavy atom. The summed E-state index contributed by atoms with van der Waals surface area (Å²) in [7, 11) is 3.85. The predicted molar refractivity (Wildman–Crippen MR) is 116 cm³/mol. The van der Waals surface area contributed by atoms with Crippen LogP contribution in [0.2, 0.25) is 0 Å². The maximum Gasteiger partial charge on any atom is 0.191 e. The third kappa shape index (κ3) is 28.2. The van der Waals surface area contributed by atoms with Crippen LogP contribution in [0.25, 0.3) is 0 Å². The van der Waals surface area contributed by atoms with Crippen molar-refractivity contribution in [3.8, 4) is 0 Å². The largest absolute Gasteiger partial charge is 0.446 e. The monoisotopic (exact) mass is 362 g/mol. The molecule has 1 aromatic heterocycles. The lowest BCUT2D eigenvalue weighted by atomic mass is 10.4. The molecule has 0 aromatic carbocycles. The lowest BCUT2D eigenvalue weighted by Crippen LogP contribution is -2.10. The number of rotatable bonds is 1. The topological polar surface area (TPSA) is 38.5 Å². The van der Waals surface area contributed by atoms with E-state index >= 15 is 0 Å². The van der Waals surface area contributed by atoms with Gasteiger partial charge in [0.15, 0.2) is 5.89 Å². The molecule has 1 fully saturated rings. The van der Waals surface area contributed by atoms with E-state index < -0.39 is 0 Å². The fourth-order valence-corrected chi connectivity index (χ4v) is 1.51. The number of ether oxygens (including phenoxy) is 1. The molecule has 2 heterocycles. The molecular formula is C21H50N2O2. The van der Waals surface area contributed by atoms with E-state index in [4.69, 9.17) is 4.42 Å². The highest BCUT2D eigenvalue weighted by atomic mass is 16.5. The minimum atomic E-state index is 0. The molecule has 0 amide bonds. The van der Waals surface area contributed by atoms with Gasteiger partial charge in [0.05, 0.1) is 5.69 Å². The smallest absolute Gasteiger partial charge is 0.191 e. The van der Waals surface area contributed by atoms with E-state index in [1.165, 1.54) is 32.4 Å². The van der Waals surface area contributed by atoms with Gasteiger partial charge >= 0.3 is 0 Å². The van der Waals surface area contributed by atoms with Gasteiger partial charge in [-0.2, -0.15) is 0 Å². The maximum absolute atomic E-state index is 5.10. The number of aryl methyl sites for hydroxylation is 3. The molecule has 4 heteroatoms. The number of nitrogens with zero attached hydrogens (tertiary/aromatic N) is 2. The van der Waals surface area contributed by atoms with Crippen molar-refractivity contribution in [1.29, 1.82) is 0 Å². The van der Waals surface area contributed by atoms with Crippen LogP contribution in [-0.2, 0) is 4.74 Å². The van der Waals surface area contributed by atoms with Crippen molar-refractivity contribution >= 4 is 0 Å². The number of hydrogen-bond acceptors (Lipinski definition) is 4. The summed E-state index contributed by atoms with van der Waals surface area (Å²) in [6, 6.07) is 0. The van der Waals surface area contributed by atoms with Crippen molar-refractivity contribution in [2.75, 3.05) is 33.9 Å². The molecule has 1 aliphatic heterocycles. The molecule has 0 bridgehead atoms. The lowest BCUT2D eigenvalue weighted by Gasteiger charge is -2.01.